The molecule has 0 aromatic carbocycles. The van der Waals surface area contributed by atoms with E-state index in [1.54, 1.807) is 0 Å². The summed E-state index contributed by atoms with van der Waals surface area (Å²) in [5.74, 6) is 0.0873. The van der Waals surface area contributed by atoms with E-state index < -0.39 is 5.60 Å². The van der Waals surface area contributed by atoms with Crippen molar-refractivity contribution in [1.29, 1.82) is 0 Å². The molecule has 0 aliphatic heterocycles. The van der Waals surface area contributed by atoms with E-state index in [9.17, 15) is 9.59 Å². The molecule has 0 bridgehead atoms. The number of carbonyl (C=O) groups excluding carboxylic acids is 2. The second kappa shape index (κ2) is 6.02. The Morgan fingerprint density at radius 2 is 1.94 bits per heavy atom. The highest BCUT2D eigenvalue weighted by Crippen LogP contribution is 2.27. The average Bonchev–Trinajstić information content (AvgIpc) is 2.14. The maximum atomic E-state index is 11.6. The molecule has 0 aromatic heterocycles. The average molecular weight is 353 g/mol. The van der Waals surface area contributed by atoms with Crippen LogP contribution in [0.15, 0.2) is 0 Å². The van der Waals surface area contributed by atoms with Crippen LogP contribution in [0.4, 0.5) is 4.79 Å². The smallest absolute Gasteiger partial charge is 0.407 e. The van der Waals surface area contributed by atoms with Crippen LogP contribution in [0.1, 0.15) is 46.5 Å². The molecule has 2 atom stereocenters. The van der Waals surface area contributed by atoms with E-state index in [-0.39, 0.29) is 21.8 Å². The van der Waals surface area contributed by atoms with E-state index in [2.05, 4.69) is 5.32 Å². The fraction of sp³-hybridized carbons (Fsp3) is 0.833. The normalized spacial score (nSPS) is 25.2. The molecule has 98 valence electrons. The van der Waals surface area contributed by atoms with Crippen molar-refractivity contribution < 1.29 is 14.3 Å². The highest BCUT2D eigenvalue weighted by Gasteiger charge is 2.28. The van der Waals surface area contributed by atoms with Gasteiger partial charge in [0.2, 0.25) is 0 Å². The quantitative estimate of drug-likeness (QED) is 0.613. The highest BCUT2D eigenvalue weighted by atomic mass is 127. The van der Waals surface area contributed by atoms with Gasteiger partial charge in [-0.15, -0.1) is 0 Å². The van der Waals surface area contributed by atoms with Gasteiger partial charge in [0.05, 0.1) is 0 Å². The molecule has 1 unspecified atom stereocenters. The van der Waals surface area contributed by atoms with Gasteiger partial charge in [-0.1, -0.05) is 6.42 Å². The molecule has 1 saturated carbocycles. The van der Waals surface area contributed by atoms with Crippen LogP contribution in [-0.4, -0.2) is 21.5 Å². The molecule has 0 saturated heterocycles. The lowest BCUT2D eigenvalue weighted by molar-refractivity contribution is -0.113. The van der Waals surface area contributed by atoms with Crippen molar-refractivity contribution in [3.8, 4) is 0 Å². The summed E-state index contributed by atoms with van der Waals surface area (Å²) in [6.45, 7) is 5.51. The molecule has 4 nitrogen and oxygen atoms in total. The van der Waals surface area contributed by atoms with E-state index in [0.29, 0.717) is 0 Å². The second-order valence-electron chi connectivity index (χ2n) is 5.51. The number of rotatable bonds is 2. The molecule has 5 heteroatoms. The Bertz CT molecular complexity index is 299. The standard InChI is InChI=1S/C12H20INO3/c1-12(2,3)17-11(16)14-9-6-4-5-8(7-9)10(13)15/h8-9H,4-7H2,1-3H3,(H,14,16)/t8?,9-/m1/s1. The topological polar surface area (TPSA) is 55.4 Å². The summed E-state index contributed by atoms with van der Waals surface area (Å²) in [5, 5.41) is 2.84. The Hall–Kier alpha value is -0.330. The van der Waals surface area contributed by atoms with Gasteiger partial charge in [-0.05, 0) is 62.6 Å². The van der Waals surface area contributed by atoms with Gasteiger partial charge >= 0.3 is 6.09 Å². The largest absolute Gasteiger partial charge is 0.444 e. The molecule has 1 amide bonds. The van der Waals surface area contributed by atoms with Gasteiger partial charge in [0.25, 0.3) is 0 Å². The van der Waals surface area contributed by atoms with Crippen molar-refractivity contribution in [2.24, 2.45) is 5.92 Å². The van der Waals surface area contributed by atoms with E-state index in [0.717, 1.165) is 25.7 Å². The van der Waals surface area contributed by atoms with Crippen LogP contribution in [0, 0.1) is 5.92 Å². The zero-order valence-corrected chi connectivity index (χ0v) is 12.7. The summed E-state index contributed by atoms with van der Waals surface area (Å²) < 4.78 is 5.39. The van der Waals surface area contributed by atoms with E-state index in [1.807, 2.05) is 43.4 Å². The summed E-state index contributed by atoms with van der Waals surface area (Å²) in [6.07, 6.45) is 3.21. The van der Waals surface area contributed by atoms with Gasteiger partial charge < -0.3 is 10.1 Å². The van der Waals surface area contributed by atoms with Gasteiger partial charge in [-0.25, -0.2) is 4.79 Å². The van der Waals surface area contributed by atoms with E-state index >= 15 is 0 Å². The Morgan fingerprint density at radius 1 is 1.29 bits per heavy atom. The first-order valence-electron chi connectivity index (χ1n) is 5.97. The first-order valence-corrected chi connectivity index (χ1v) is 7.04. The van der Waals surface area contributed by atoms with Crippen molar-refractivity contribution in [2.45, 2.75) is 58.1 Å². The van der Waals surface area contributed by atoms with Crippen molar-refractivity contribution in [1.82, 2.24) is 5.32 Å². The molecular formula is C12H20INO3. The molecular weight excluding hydrogens is 333 g/mol. The van der Waals surface area contributed by atoms with E-state index in [1.165, 1.54) is 0 Å². The molecule has 1 rings (SSSR count). The highest BCUT2D eigenvalue weighted by molar-refractivity contribution is 14.1. The van der Waals surface area contributed by atoms with Gasteiger partial charge in [0, 0.05) is 12.0 Å². The van der Waals surface area contributed by atoms with Crippen molar-refractivity contribution in [3.05, 3.63) is 0 Å². The lowest BCUT2D eigenvalue weighted by Gasteiger charge is -2.29. The summed E-state index contributed by atoms with van der Waals surface area (Å²) >= 11 is 1.84. The molecule has 1 aliphatic rings. The molecule has 0 aromatic rings. The Labute approximate surface area is 116 Å². The number of hydrogen-bond acceptors (Lipinski definition) is 3. The lowest BCUT2D eigenvalue weighted by atomic mass is 9.87. The fourth-order valence-corrected chi connectivity index (χ4v) is 2.57. The lowest BCUT2D eigenvalue weighted by Crippen LogP contribution is -2.42. The molecule has 0 spiro atoms. The van der Waals surface area contributed by atoms with Crippen LogP contribution in [0.5, 0.6) is 0 Å². The number of nitrogens with one attached hydrogen (secondary N) is 1. The fourth-order valence-electron chi connectivity index (χ4n) is 2.00. The minimum Gasteiger partial charge on any atom is -0.444 e. The number of ether oxygens (including phenoxy) is 1. The number of hydrogen-bond donors (Lipinski definition) is 1. The summed E-state index contributed by atoms with van der Waals surface area (Å²) in [6, 6.07) is 0.0716. The minimum atomic E-state index is -0.475. The maximum Gasteiger partial charge on any atom is 0.407 e. The number of amides is 1. The summed E-state index contributed by atoms with van der Waals surface area (Å²) in [7, 11) is 0. The van der Waals surface area contributed by atoms with Crippen LogP contribution in [0.2, 0.25) is 0 Å². The molecule has 17 heavy (non-hydrogen) atoms. The summed E-state index contributed by atoms with van der Waals surface area (Å²) in [4.78, 5) is 22.9. The third kappa shape index (κ3) is 5.70. The van der Waals surface area contributed by atoms with Crippen LogP contribution in [0.3, 0.4) is 0 Å². The molecule has 1 fully saturated rings. The predicted molar refractivity (Wildman–Crippen MR) is 74.1 cm³/mol. The van der Waals surface area contributed by atoms with Crippen LogP contribution >= 0.6 is 22.6 Å². The third-order valence-electron chi connectivity index (χ3n) is 2.72. The Morgan fingerprint density at radius 3 is 2.47 bits per heavy atom. The molecule has 1 aliphatic carbocycles. The monoisotopic (exact) mass is 353 g/mol. The zero-order valence-electron chi connectivity index (χ0n) is 10.6. The molecule has 0 heterocycles. The van der Waals surface area contributed by atoms with Crippen LogP contribution in [-0.2, 0) is 9.53 Å². The van der Waals surface area contributed by atoms with Gasteiger partial charge in [-0.2, -0.15) is 0 Å². The first-order chi connectivity index (χ1) is 7.78. The number of carbonyl (C=O) groups is 2. The van der Waals surface area contributed by atoms with E-state index in [4.69, 9.17) is 4.74 Å². The van der Waals surface area contributed by atoms with Crippen LogP contribution < -0.4 is 5.32 Å². The second-order valence-corrected chi connectivity index (χ2v) is 6.57. The first kappa shape index (κ1) is 14.7. The van der Waals surface area contributed by atoms with Gasteiger partial charge in [0.15, 0.2) is 3.79 Å². The van der Waals surface area contributed by atoms with Crippen molar-refractivity contribution in [2.75, 3.05) is 0 Å². The Balaban J connectivity index is 2.41. The number of alkyl carbamates (subject to hydrolysis) is 1. The van der Waals surface area contributed by atoms with Crippen molar-refractivity contribution in [3.63, 3.8) is 0 Å². The molecule has 0 radical (unpaired) electrons. The van der Waals surface area contributed by atoms with Gasteiger partial charge in [-0.3, -0.25) is 4.79 Å². The van der Waals surface area contributed by atoms with Crippen molar-refractivity contribution >= 4 is 32.5 Å². The molecule has 1 N–H and O–H groups in total. The Kier molecular flexibility index (Phi) is 5.22. The number of halogens is 1. The maximum absolute atomic E-state index is 11.6. The summed E-state index contributed by atoms with van der Waals surface area (Å²) in [5.41, 5.74) is -0.475. The zero-order chi connectivity index (χ0) is 13.1. The third-order valence-corrected chi connectivity index (χ3v) is 3.60. The predicted octanol–water partition coefficient (Wildman–Crippen LogP) is 3.03. The van der Waals surface area contributed by atoms with Gasteiger partial charge in [0.1, 0.15) is 5.60 Å². The van der Waals surface area contributed by atoms with Crippen LogP contribution in [0.25, 0.3) is 0 Å². The SMILES string of the molecule is CC(C)(C)OC(=O)N[C@@H]1CCCC(C(=O)I)C1. The minimum absolute atomic E-state index is 0.0716.